The Morgan fingerprint density at radius 3 is 2.78 bits per heavy atom. The fourth-order valence-electron chi connectivity index (χ4n) is 1.34. The average Bonchev–Trinajstić information content (AvgIpc) is 1.79. The Balaban J connectivity index is 2.27. The van der Waals surface area contributed by atoms with Gasteiger partial charge in [0, 0.05) is 0 Å². The molecule has 1 aliphatic rings. The molecule has 0 heterocycles. The predicted molar refractivity (Wildman–Crippen MR) is 41.4 cm³/mol. The van der Waals surface area contributed by atoms with Crippen molar-refractivity contribution in [3.8, 4) is 0 Å². The molecule has 0 saturated heterocycles. The molecule has 0 nitrogen and oxygen atoms in total. The molecule has 0 fully saturated rings. The number of rotatable bonds is 0. The van der Waals surface area contributed by atoms with E-state index in [2.05, 4.69) is 19.1 Å². The van der Waals surface area contributed by atoms with Gasteiger partial charge in [-0.1, -0.05) is 25.5 Å². The fraction of sp³-hybridized carbons (Fsp3) is 0.778. The maximum atomic E-state index is 2.36. The van der Waals surface area contributed by atoms with Crippen molar-refractivity contribution in [2.75, 3.05) is 0 Å². The summed E-state index contributed by atoms with van der Waals surface area (Å²) in [6.07, 6.45) is 11.5. The molecule has 0 spiro atoms. The minimum Gasteiger partial charge on any atom is -0.0885 e. The van der Waals surface area contributed by atoms with Crippen LogP contribution in [0.3, 0.4) is 0 Å². The summed E-state index contributed by atoms with van der Waals surface area (Å²) < 4.78 is 0. The molecule has 1 aliphatic carbocycles. The van der Waals surface area contributed by atoms with Gasteiger partial charge >= 0.3 is 0 Å². The SMILES string of the molecule is CC1CC/C=C/CCC1. The van der Waals surface area contributed by atoms with Crippen LogP contribution in [0.15, 0.2) is 12.2 Å². The van der Waals surface area contributed by atoms with Crippen LogP contribution in [0.2, 0.25) is 0 Å². The molecule has 0 aromatic carbocycles. The van der Waals surface area contributed by atoms with E-state index in [4.69, 9.17) is 0 Å². The Morgan fingerprint density at radius 1 is 1.11 bits per heavy atom. The summed E-state index contributed by atoms with van der Waals surface area (Å²) >= 11 is 0. The first-order valence-electron chi connectivity index (χ1n) is 4.04. The van der Waals surface area contributed by atoms with E-state index >= 15 is 0 Å². The Hall–Kier alpha value is -0.260. The highest BCUT2D eigenvalue weighted by atomic mass is 14.1. The molecule has 0 bridgehead atoms. The van der Waals surface area contributed by atoms with Gasteiger partial charge in [-0.05, 0) is 31.6 Å². The average molecular weight is 124 g/mol. The molecule has 0 saturated carbocycles. The van der Waals surface area contributed by atoms with Gasteiger partial charge in [0.05, 0.1) is 0 Å². The molecule has 0 amide bonds. The van der Waals surface area contributed by atoms with Crippen molar-refractivity contribution >= 4 is 0 Å². The second-order valence-corrected chi connectivity index (χ2v) is 3.08. The lowest BCUT2D eigenvalue weighted by molar-refractivity contribution is 0.474. The topological polar surface area (TPSA) is 0 Å². The van der Waals surface area contributed by atoms with Crippen LogP contribution in [0, 0.1) is 5.92 Å². The second kappa shape index (κ2) is 3.71. The quantitative estimate of drug-likeness (QED) is 0.435. The largest absolute Gasteiger partial charge is 0.0885 e. The highest BCUT2D eigenvalue weighted by molar-refractivity contribution is 4.84. The molecular weight excluding hydrogens is 108 g/mol. The molecule has 0 N–H and O–H groups in total. The third-order valence-corrected chi connectivity index (χ3v) is 2.06. The van der Waals surface area contributed by atoms with Crippen molar-refractivity contribution in [2.45, 2.75) is 39.0 Å². The molecule has 0 radical (unpaired) electrons. The highest BCUT2D eigenvalue weighted by Gasteiger charge is 2.01. The summed E-state index contributed by atoms with van der Waals surface area (Å²) in [6, 6.07) is 0. The van der Waals surface area contributed by atoms with Crippen molar-refractivity contribution in [2.24, 2.45) is 5.92 Å². The van der Waals surface area contributed by atoms with E-state index in [-0.39, 0.29) is 0 Å². The first kappa shape index (κ1) is 6.85. The highest BCUT2D eigenvalue weighted by Crippen LogP contribution is 2.16. The number of hydrogen-bond acceptors (Lipinski definition) is 0. The normalized spacial score (nSPS) is 32.8. The third-order valence-electron chi connectivity index (χ3n) is 2.06. The minimum atomic E-state index is 0.968. The van der Waals surface area contributed by atoms with Crippen LogP contribution < -0.4 is 0 Å². The molecular formula is C9H16. The maximum Gasteiger partial charge on any atom is -0.0348 e. The maximum absolute atomic E-state index is 2.36. The van der Waals surface area contributed by atoms with Crippen molar-refractivity contribution < 1.29 is 0 Å². The molecule has 0 heteroatoms. The molecule has 1 unspecified atom stereocenters. The van der Waals surface area contributed by atoms with Gasteiger partial charge in [-0.15, -0.1) is 0 Å². The Morgan fingerprint density at radius 2 is 1.89 bits per heavy atom. The van der Waals surface area contributed by atoms with Gasteiger partial charge < -0.3 is 0 Å². The Labute approximate surface area is 58.0 Å². The molecule has 0 aromatic heterocycles. The van der Waals surface area contributed by atoms with Crippen molar-refractivity contribution in [3.05, 3.63) is 12.2 Å². The van der Waals surface area contributed by atoms with E-state index in [0.29, 0.717) is 0 Å². The first-order chi connectivity index (χ1) is 4.39. The molecule has 0 aromatic rings. The van der Waals surface area contributed by atoms with Gasteiger partial charge in [-0.2, -0.15) is 0 Å². The van der Waals surface area contributed by atoms with E-state index in [1.54, 1.807) is 0 Å². The van der Waals surface area contributed by atoms with E-state index in [9.17, 15) is 0 Å². The fourth-order valence-corrected chi connectivity index (χ4v) is 1.34. The van der Waals surface area contributed by atoms with Gasteiger partial charge in [0.2, 0.25) is 0 Å². The van der Waals surface area contributed by atoms with Gasteiger partial charge in [0.25, 0.3) is 0 Å². The van der Waals surface area contributed by atoms with Crippen LogP contribution in [-0.4, -0.2) is 0 Å². The first-order valence-corrected chi connectivity index (χ1v) is 4.04. The Bertz CT molecular complexity index is 92.2. The zero-order valence-electron chi connectivity index (χ0n) is 6.27. The van der Waals surface area contributed by atoms with Crippen LogP contribution in [0.1, 0.15) is 39.0 Å². The summed E-state index contributed by atoms with van der Waals surface area (Å²) in [6.45, 7) is 2.36. The summed E-state index contributed by atoms with van der Waals surface area (Å²) in [5.74, 6) is 0.968. The summed E-state index contributed by atoms with van der Waals surface area (Å²) in [5, 5.41) is 0. The van der Waals surface area contributed by atoms with Crippen molar-refractivity contribution in [1.29, 1.82) is 0 Å². The van der Waals surface area contributed by atoms with Gasteiger partial charge in [0.15, 0.2) is 0 Å². The summed E-state index contributed by atoms with van der Waals surface area (Å²) in [5.41, 5.74) is 0. The molecule has 52 valence electrons. The minimum absolute atomic E-state index is 0.968. The smallest absolute Gasteiger partial charge is 0.0348 e. The van der Waals surface area contributed by atoms with Crippen LogP contribution in [0.25, 0.3) is 0 Å². The lowest BCUT2D eigenvalue weighted by Gasteiger charge is -2.10. The van der Waals surface area contributed by atoms with Crippen molar-refractivity contribution in [3.63, 3.8) is 0 Å². The van der Waals surface area contributed by atoms with Crippen molar-refractivity contribution in [1.82, 2.24) is 0 Å². The standard InChI is InChI=1S/C9H16/c1-9-7-5-3-2-4-6-8-9/h2-3,9H,4-8H2,1H3/b3-2+. The zero-order chi connectivity index (χ0) is 6.53. The van der Waals surface area contributed by atoms with E-state index in [1.807, 2.05) is 0 Å². The van der Waals surface area contributed by atoms with Gasteiger partial charge in [0.1, 0.15) is 0 Å². The Kier molecular flexibility index (Phi) is 2.82. The second-order valence-electron chi connectivity index (χ2n) is 3.08. The third kappa shape index (κ3) is 2.69. The number of hydrogen-bond donors (Lipinski definition) is 0. The van der Waals surface area contributed by atoms with E-state index < -0.39 is 0 Å². The lowest BCUT2D eigenvalue weighted by atomic mass is 9.96. The van der Waals surface area contributed by atoms with E-state index in [0.717, 1.165) is 5.92 Å². The molecule has 1 rings (SSSR count). The molecule has 9 heavy (non-hydrogen) atoms. The van der Waals surface area contributed by atoms with Crippen LogP contribution in [0.4, 0.5) is 0 Å². The number of allylic oxidation sites excluding steroid dienone is 2. The molecule has 0 aliphatic heterocycles. The monoisotopic (exact) mass is 124 g/mol. The van der Waals surface area contributed by atoms with Crippen LogP contribution in [-0.2, 0) is 0 Å². The predicted octanol–water partition coefficient (Wildman–Crippen LogP) is 3.14. The van der Waals surface area contributed by atoms with Gasteiger partial charge in [-0.3, -0.25) is 0 Å². The zero-order valence-corrected chi connectivity index (χ0v) is 6.27. The summed E-state index contributed by atoms with van der Waals surface area (Å²) in [7, 11) is 0. The van der Waals surface area contributed by atoms with Crippen LogP contribution in [0.5, 0.6) is 0 Å². The van der Waals surface area contributed by atoms with Crippen LogP contribution >= 0.6 is 0 Å². The summed E-state index contributed by atoms with van der Waals surface area (Å²) in [4.78, 5) is 0. The lowest BCUT2D eigenvalue weighted by Crippen LogP contribution is -1.95. The van der Waals surface area contributed by atoms with Gasteiger partial charge in [-0.25, -0.2) is 0 Å². The van der Waals surface area contributed by atoms with E-state index in [1.165, 1.54) is 32.1 Å². The molecule has 1 atom stereocenters.